The van der Waals surface area contributed by atoms with Gasteiger partial charge in [-0.15, -0.1) is 0 Å². The lowest BCUT2D eigenvalue weighted by Gasteiger charge is -2.32. The van der Waals surface area contributed by atoms with E-state index in [1.165, 1.54) is 7.11 Å². The highest BCUT2D eigenvalue weighted by Crippen LogP contribution is 2.30. The van der Waals surface area contributed by atoms with E-state index in [9.17, 15) is 9.59 Å². The minimum atomic E-state index is -0.452. The van der Waals surface area contributed by atoms with Crippen LogP contribution in [-0.2, 0) is 20.9 Å². The molecule has 0 fully saturated rings. The van der Waals surface area contributed by atoms with E-state index in [-0.39, 0.29) is 23.7 Å². The van der Waals surface area contributed by atoms with Crippen LogP contribution < -0.4 is 0 Å². The van der Waals surface area contributed by atoms with Crippen LogP contribution in [0, 0.1) is 18.3 Å². The molecule has 0 aliphatic heterocycles. The van der Waals surface area contributed by atoms with Gasteiger partial charge in [0.25, 0.3) is 0 Å². The van der Waals surface area contributed by atoms with Crippen molar-refractivity contribution in [2.24, 2.45) is 11.3 Å². The second-order valence-electron chi connectivity index (χ2n) is 8.25. The Morgan fingerprint density at radius 1 is 1.37 bits per heavy atom. The summed E-state index contributed by atoms with van der Waals surface area (Å²) in [6, 6.07) is 1.88. The number of halogens is 1. The van der Waals surface area contributed by atoms with Crippen molar-refractivity contribution in [2.45, 2.75) is 47.6 Å². The molecule has 1 amide bonds. The molecular formula is C20H28ClN3O3. The number of ether oxygens (including phenoxy) is 1. The summed E-state index contributed by atoms with van der Waals surface area (Å²) in [5.41, 5.74) is 2.69. The fourth-order valence-electron chi connectivity index (χ4n) is 3.18. The first-order valence-corrected chi connectivity index (χ1v) is 9.38. The normalized spacial score (nSPS) is 12.9. The van der Waals surface area contributed by atoms with Gasteiger partial charge in [-0.3, -0.25) is 14.7 Å². The van der Waals surface area contributed by atoms with Crippen molar-refractivity contribution in [1.29, 1.82) is 0 Å². The topological polar surface area (TPSA) is 75.3 Å². The van der Waals surface area contributed by atoms with Gasteiger partial charge in [0.15, 0.2) is 0 Å². The number of esters is 1. The molecule has 148 valence electrons. The summed E-state index contributed by atoms with van der Waals surface area (Å²) in [4.78, 5) is 26.5. The van der Waals surface area contributed by atoms with Gasteiger partial charge in [0.05, 0.1) is 30.3 Å². The minimum Gasteiger partial charge on any atom is -0.469 e. The fourth-order valence-corrected chi connectivity index (χ4v) is 3.48. The van der Waals surface area contributed by atoms with Gasteiger partial charge < -0.3 is 9.64 Å². The van der Waals surface area contributed by atoms with Crippen molar-refractivity contribution in [3.63, 3.8) is 0 Å². The Morgan fingerprint density at radius 3 is 2.63 bits per heavy atom. The number of nitrogens with one attached hydrogen (secondary N) is 1. The average molecular weight is 394 g/mol. The van der Waals surface area contributed by atoms with Gasteiger partial charge in [0.1, 0.15) is 0 Å². The van der Waals surface area contributed by atoms with Crippen LogP contribution in [0.4, 0.5) is 0 Å². The molecule has 0 aliphatic carbocycles. The van der Waals surface area contributed by atoms with Crippen LogP contribution in [0.2, 0.25) is 5.02 Å². The van der Waals surface area contributed by atoms with Crippen LogP contribution in [0.3, 0.4) is 0 Å². The molecule has 1 heterocycles. The Hall–Kier alpha value is -2.08. The lowest BCUT2D eigenvalue weighted by Crippen LogP contribution is -2.40. The molecule has 7 heteroatoms. The smallest absolute Gasteiger partial charge is 0.306 e. The number of hydrogen-bond acceptors (Lipinski definition) is 4. The summed E-state index contributed by atoms with van der Waals surface area (Å²) in [5, 5.41) is 8.54. The highest BCUT2D eigenvalue weighted by Gasteiger charge is 2.28. The van der Waals surface area contributed by atoms with E-state index < -0.39 is 5.92 Å². The molecule has 0 unspecified atom stereocenters. The lowest BCUT2D eigenvalue weighted by molar-refractivity contribution is -0.147. The highest BCUT2D eigenvalue weighted by molar-refractivity contribution is 6.35. The van der Waals surface area contributed by atoms with E-state index in [0.717, 1.165) is 22.0 Å². The molecular weight excluding hydrogens is 366 g/mol. The number of carbonyl (C=O) groups is 2. The zero-order valence-electron chi connectivity index (χ0n) is 16.9. The Morgan fingerprint density at radius 2 is 2.04 bits per heavy atom. The number of H-pyrrole nitrogens is 1. The van der Waals surface area contributed by atoms with Gasteiger partial charge in [0, 0.05) is 24.4 Å². The number of amides is 1. The van der Waals surface area contributed by atoms with Gasteiger partial charge in [-0.1, -0.05) is 39.3 Å². The molecule has 0 aliphatic rings. The zero-order chi connectivity index (χ0) is 20.4. The number of methoxy groups -OCH3 is 1. The number of aryl methyl sites for hydroxylation is 1. The first-order valence-electron chi connectivity index (χ1n) is 9.00. The number of benzene rings is 1. The maximum absolute atomic E-state index is 13.1. The molecule has 0 saturated heterocycles. The summed E-state index contributed by atoms with van der Waals surface area (Å²) >= 11 is 6.30. The SMILES string of the molecule is COC(=O)C[C@H](C)C(=O)N(Cc1c(C)cc(Cl)c2[nH]ncc12)CC(C)(C)C. The standard InChI is InChI=1S/C20H28ClN3O3/c1-12-7-16(21)18-14(9-22-23-18)15(12)10-24(11-20(3,4)5)19(26)13(2)8-17(25)27-6/h7,9,13H,8,10-11H2,1-6H3,(H,22,23)/t13-/m0/s1. The molecule has 2 aromatic rings. The van der Waals surface area contributed by atoms with Crippen molar-refractivity contribution in [1.82, 2.24) is 15.1 Å². The molecule has 1 N–H and O–H groups in total. The van der Waals surface area contributed by atoms with Gasteiger partial charge in [0.2, 0.25) is 5.91 Å². The predicted molar refractivity (Wildman–Crippen MR) is 107 cm³/mol. The second kappa shape index (κ2) is 8.30. The Labute approximate surface area is 165 Å². The highest BCUT2D eigenvalue weighted by atomic mass is 35.5. The summed E-state index contributed by atoms with van der Waals surface area (Å²) in [5.74, 6) is -0.903. The molecule has 1 atom stereocenters. The van der Waals surface area contributed by atoms with Crippen LogP contribution in [0.15, 0.2) is 12.3 Å². The molecule has 0 saturated carbocycles. The first kappa shape index (κ1) is 21.2. The fraction of sp³-hybridized carbons (Fsp3) is 0.550. The summed E-state index contributed by atoms with van der Waals surface area (Å²) in [6.07, 6.45) is 1.80. The number of hydrogen-bond donors (Lipinski definition) is 1. The molecule has 6 nitrogen and oxygen atoms in total. The predicted octanol–water partition coefficient (Wildman–Crippen LogP) is 4.10. The summed E-state index contributed by atoms with van der Waals surface area (Å²) in [7, 11) is 1.33. The molecule has 0 bridgehead atoms. The van der Waals surface area contributed by atoms with E-state index in [1.54, 1.807) is 13.1 Å². The monoisotopic (exact) mass is 393 g/mol. The van der Waals surface area contributed by atoms with Crippen molar-refractivity contribution in [3.8, 4) is 0 Å². The van der Waals surface area contributed by atoms with E-state index >= 15 is 0 Å². The molecule has 27 heavy (non-hydrogen) atoms. The van der Waals surface area contributed by atoms with Crippen molar-refractivity contribution < 1.29 is 14.3 Å². The van der Waals surface area contributed by atoms with Crippen LogP contribution in [-0.4, -0.2) is 40.6 Å². The number of aromatic amines is 1. The molecule has 2 rings (SSSR count). The number of nitrogens with zero attached hydrogens (tertiary/aromatic N) is 2. The third kappa shape index (κ3) is 5.22. The number of rotatable bonds is 6. The van der Waals surface area contributed by atoms with E-state index in [1.807, 2.05) is 17.9 Å². The minimum absolute atomic E-state index is 0.0662. The number of carbonyl (C=O) groups excluding carboxylic acids is 2. The van der Waals surface area contributed by atoms with E-state index in [4.69, 9.17) is 16.3 Å². The van der Waals surface area contributed by atoms with Gasteiger partial charge in [-0.25, -0.2) is 0 Å². The third-order valence-electron chi connectivity index (χ3n) is 4.47. The average Bonchev–Trinajstić information content (AvgIpc) is 3.05. The quantitative estimate of drug-likeness (QED) is 0.749. The molecule has 1 aromatic heterocycles. The molecule has 0 radical (unpaired) electrons. The maximum atomic E-state index is 13.1. The van der Waals surface area contributed by atoms with Crippen LogP contribution in [0.5, 0.6) is 0 Å². The summed E-state index contributed by atoms with van der Waals surface area (Å²) in [6.45, 7) is 11.0. The van der Waals surface area contributed by atoms with E-state index in [0.29, 0.717) is 18.1 Å². The first-order chi connectivity index (χ1) is 12.5. The van der Waals surface area contributed by atoms with Gasteiger partial charge in [-0.05, 0) is 29.5 Å². The van der Waals surface area contributed by atoms with Crippen LogP contribution >= 0.6 is 11.6 Å². The lowest BCUT2D eigenvalue weighted by atomic mass is 9.94. The van der Waals surface area contributed by atoms with E-state index in [2.05, 4.69) is 31.0 Å². The van der Waals surface area contributed by atoms with Crippen molar-refractivity contribution in [3.05, 3.63) is 28.4 Å². The van der Waals surface area contributed by atoms with Gasteiger partial charge >= 0.3 is 5.97 Å². The van der Waals surface area contributed by atoms with Crippen LogP contribution in [0.25, 0.3) is 10.9 Å². The van der Waals surface area contributed by atoms with Crippen molar-refractivity contribution >= 4 is 34.4 Å². The Kier molecular flexibility index (Phi) is 6.52. The van der Waals surface area contributed by atoms with Gasteiger partial charge in [-0.2, -0.15) is 5.10 Å². The summed E-state index contributed by atoms with van der Waals surface area (Å²) < 4.78 is 4.71. The largest absolute Gasteiger partial charge is 0.469 e. The molecule has 1 aromatic carbocycles. The zero-order valence-corrected chi connectivity index (χ0v) is 17.6. The molecule has 0 spiro atoms. The Balaban J connectivity index is 2.37. The van der Waals surface area contributed by atoms with Crippen LogP contribution in [0.1, 0.15) is 45.2 Å². The number of fused-ring (bicyclic) bond motifs is 1. The van der Waals surface area contributed by atoms with Crippen molar-refractivity contribution in [2.75, 3.05) is 13.7 Å². The maximum Gasteiger partial charge on any atom is 0.306 e. The third-order valence-corrected chi connectivity index (χ3v) is 4.77. The number of aromatic nitrogens is 2. The Bertz CT molecular complexity index is 839. The second-order valence-corrected chi connectivity index (χ2v) is 8.66.